The van der Waals surface area contributed by atoms with E-state index in [1.807, 2.05) is 36.4 Å². The Morgan fingerprint density at radius 3 is 2.09 bits per heavy atom. The summed E-state index contributed by atoms with van der Waals surface area (Å²) in [6.07, 6.45) is 2.71. The molecule has 0 N–H and O–H groups in total. The van der Waals surface area contributed by atoms with Gasteiger partial charge in [-0.3, -0.25) is 4.99 Å². The van der Waals surface area contributed by atoms with E-state index in [4.69, 9.17) is 32.7 Å². The summed E-state index contributed by atoms with van der Waals surface area (Å²) >= 11 is 12.5. The van der Waals surface area contributed by atoms with Gasteiger partial charge >= 0.3 is 11.9 Å². The molecule has 0 aliphatic rings. The summed E-state index contributed by atoms with van der Waals surface area (Å²) in [6, 6.07) is 19.8. The van der Waals surface area contributed by atoms with Crippen LogP contribution in [0, 0.1) is 0 Å². The number of aliphatic imine (C=N–C) groups is 1. The summed E-state index contributed by atoms with van der Waals surface area (Å²) in [6.45, 7) is 0. The van der Waals surface area contributed by atoms with E-state index in [0.717, 1.165) is 11.6 Å². The molecule has 0 saturated carbocycles. The lowest BCUT2D eigenvalue weighted by Gasteiger charge is -2.13. The zero-order chi connectivity index (χ0) is 23.1. The summed E-state index contributed by atoms with van der Waals surface area (Å²) in [4.78, 5) is 29.0. The molecular weight excluding hydrogens is 449 g/mol. The monoisotopic (exact) mass is 467 g/mol. The average molecular weight is 468 g/mol. The van der Waals surface area contributed by atoms with E-state index in [2.05, 4.69) is 4.99 Å². The number of benzene rings is 3. The first-order valence-electron chi connectivity index (χ1n) is 9.51. The number of carbonyl (C=O) groups excluding carboxylic acids is 2. The fourth-order valence-electron chi connectivity index (χ4n) is 3.07. The first-order valence-corrected chi connectivity index (χ1v) is 10.3. The third-order valence-corrected chi connectivity index (χ3v) is 5.27. The minimum Gasteiger partial charge on any atom is -0.466 e. The van der Waals surface area contributed by atoms with Crippen molar-refractivity contribution in [1.29, 1.82) is 0 Å². The van der Waals surface area contributed by atoms with E-state index in [-0.39, 0.29) is 5.57 Å². The van der Waals surface area contributed by atoms with Crippen LogP contribution in [0.4, 0.5) is 5.69 Å². The Bertz CT molecular complexity index is 1200. The van der Waals surface area contributed by atoms with Crippen molar-refractivity contribution in [2.24, 2.45) is 4.99 Å². The largest absolute Gasteiger partial charge is 0.466 e. The number of rotatable bonds is 6. The van der Waals surface area contributed by atoms with Gasteiger partial charge in [-0.25, -0.2) is 9.59 Å². The molecule has 0 saturated heterocycles. The Morgan fingerprint density at radius 1 is 0.812 bits per heavy atom. The molecule has 0 aromatic heterocycles. The van der Waals surface area contributed by atoms with Gasteiger partial charge < -0.3 is 9.47 Å². The van der Waals surface area contributed by atoms with Crippen LogP contribution in [0.1, 0.15) is 11.1 Å². The molecule has 162 valence electrons. The van der Waals surface area contributed by atoms with Gasteiger partial charge in [-0.2, -0.15) is 0 Å². The predicted octanol–water partition coefficient (Wildman–Crippen LogP) is 6.14. The topological polar surface area (TPSA) is 65.0 Å². The fourth-order valence-corrected chi connectivity index (χ4v) is 3.56. The molecule has 7 heteroatoms. The summed E-state index contributed by atoms with van der Waals surface area (Å²) in [5, 5.41) is 0.959. The maximum Gasteiger partial charge on any atom is 0.338 e. The lowest BCUT2D eigenvalue weighted by Crippen LogP contribution is -2.08. The van der Waals surface area contributed by atoms with Gasteiger partial charge in [0.15, 0.2) is 0 Å². The zero-order valence-corrected chi connectivity index (χ0v) is 18.9. The molecule has 0 amide bonds. The zero-order valence-electron chi connectivity index (χ0n) is 17.3. The third-order valence-electron chi connectivity index (χ3n) is 4.61. The first kappa shape index (κ1) is 23.3. The molecule has 3 rings (SSSR count). The van der Waals surface area contributed by atoms with Crippen molar-refractivity contribution >= 4 is 52.6 Å². The molecule has 0 aliphatic heterocycles. The summed E-state index contributed by atoms with van der Waals surface area (Å²) in [5.74, 6) is -1.33. The lowest BCUT2D eigenvalue weighted by atomic mass is 9.93. The van der Waals surface area contributed by atoms with E-state index in [9.17, 15) is 9.59 Å². The normalized spacial score (nSPS) is 11.4. The van der Waals surface area contributed by atoms with Gasteiger partial charge in [0.25, 0.3) is 0 Å². The fraction of sp³-hybridized carbons (Fsp3) is 0.0800. The molecule has 0 atom stereocenters. The van der Waals surface area contributed by atoms with Crippen molar-refractivity contribution in [3.05, 3.63) is 94.0 Å². The van der Waals surface area contributed by atoms with Gasteiger partial charge in [0, 0.05) is 23.4 Å². The smallest absolute Gasteiger partial charge is 0.338 e. The molecule has 32 heavy (non-hydrogen) atoms. The Labute approximate surface area is 195 Å². The molecule has 0 aliphatic carbocycles. The van der Waals surface area contributed by atoms with Gasteiger partial charge in [0.05, 0.1) is 35.5 Å². The number of esters is 2. The Hall–Kier alpha value is -3.41. The van der Waals surface area contributed by atoms with Crippen molar-refractivity contribution in [1.82, 2.24) is 0 Å². The Morgan fingerprint density at radius 2 is 1.44 bits per heavy atom. The Balaban J connectivity index is 2.15. The molecule has 0 unspecified atom stereocenters. The highest BCUT2D eigenvalue weighted by Gasteiger charge is 2.20. The second-order valence-electron chi connectivity index (χ2n) is 6.53. The highest BCUT2D eigenvalue weighted by molar-refractivity contribution is 6.38. The summed E-state index contributed by atoms with van der Waals surface area (Å²) in [7, 11) is 2.49. The van der Waals surface area contributed by atoms with Crippen LogP contribution in [0.2, 0.25) is 10.0 Å². The molecule has 0 bridgehead atoms. The number of hydrogen-bond acceptors (Lipinski definition) is 5. The van der Waals surface area contributed by atoms with Crippen LogP contribution in [0.15, 0.2) is 77.8 Å². The molecule has 0 heterocycles. The van der Waals surface area contributed by atoms with E-state index in [0.29, 0.717) is 32.4 Å². The SMILES string of the molecule is COC(=O)/C=C(\C(=O)OC)c1ccccc1-c1ccccc1N=Cc1c(Cl)cccc1Cl. The van der Waals surface area contributed by atoms with Crippen molar-refractivity contribution in [3.63, 3.8) is 0 Å². The van der Waals surface area contributed by atoms with Gasteiger partial charge in [-0.05, 0) is 29.3 Å². The first-order chi connectivity index (χ1) is 15.5. The van der Waals surface area contributed by atoms with Crippen LogP contribution < -0.4 is 0 Å². The number of nitrogens with zero attached hydrogens (tertiary/aromatic N) is 1. The number of halogens is 2. The minimum absolute atomic E-state index is 0.0721. The van der Waals surface area contributed by atoms with Crippen LogP contribution in [0.3, 0.4) is 0 Å². The number of carbonyl (C=O) groups is 2. The number of hydrogen-bond donors (Lipinski definition) is 0. The quantitative estimate of drug-likeness (QED) is 0.248. The molecule has 0 fully saturated rings. The molecule has 3 aromatic rings. The standard InChI is InChI=1S/C25H19Cl2NO4/c1-31-24(29)14-19(25(30)32-2)17-9-4-3-8-16(17)18-10-5-6-13-23(18)28-15-20-21(26)11-7-12-22(20)27/h3-15H,1-2H3/b19-14-,28-15?. The summed E-state index contributed by atoms with van der Waals surface area (Å²) < 4.78 is 9.60. The minimum atomic E-state index is -0.667. The summed E-state index contributed by atoms with van der Waals surface area (Å²) in [5.41, 5.74) is 3.22. The highest BCUT2D eigenvalue weighted by Crippen LogP contribution is 2.36. The van der Waals surface area contributed by atoms with Crippen LogP contribution in [0.25, 0.3) is 16.7 Å². The third kappa shape index (κ3) is 5.25. The number of ether oxygens (including phenoxy) is 2. The lowest BCUT2D eigenvalue weighted by molar-refractivity contribution is -0.136. The maximum atomic E-state index is 12.5. The molecular formula is C25H19Cl2NO4. The molecule has 0 radical (unpaired) electrons. The van der Waals surface area contributed by atoms with E-state index >= 15 is 0 Å². The van der Waals surface area contributed by atoms with Gasteiger partial charge in [-0.15, -0.1) is 0 Å². The predicted molar refractivity (Wildman–Crippen MR) is 128 cm³/mol. The molecule has 0 spiro atoms. The van der Waals surface area contributed by atoms with E-state index in [1.165, 1.54) is 14.2 Å². The average Bonchev–Trinajstić information content (AvgIpc) is 2.82. The maximum absolute atomic E-state index is 12.5. The van der Waals surface area contributed by atoms with Crippen molar-refractivity contribution < 1.29 is 19.1 Å². The van der Waals surface area contributed by atoms with E-state index < -0.39 is 11.9 Å². The van der Waals surface area contributed by atoms with Crippen LogP contribution >= 0.6 is 23.2 Å². The second kappa shape index (κ2) is 10.8. The Kier molecular flexibility index (Phi) is 7.82. The second-order valence-corrected chi connectivity index (χ2v) is 7.34. The van der Waals surface area contributed by atoms with Gasteiger partial charge in [0.2, 0.25) is 0 Å². The van der Waals surface area contributed by atoms with E-state index in [1.54, 1.807) is 36.5 Å². The van der Waals surface area contributed by atoms with Crippen LogP contribution in [-0.2, 0) is 19.1 Å². The number of para-hydroxylation sites is 1. The number of methoxy groups -OCH3 is 2. The van der Waals surface area contributed by atoms with Crippen molar-refractivity contribution in [3.8, 4) is 11.1 Å². The van der Waals surface area contributed by atoms with Crippen LogP contribution in [-0.4, -0.2) is 32.4 Å². The van der Waals surface area contributed by atoms with Crippen molar-refractivity contribution in [2.75, 3.05) is 14.2 Å². The molecule has 5 nitrogen and oxygen atoms in total. The van der Waals surface area contributed by atoms with Crippen LogP contribution in [0.5, 0.6) is 0 Å². The molecule has 3 aromatic carbocycles. The van der Waals surface area contributed by atoms with Gasteiger partial charge in [-0.1, -0.05) is 71.7 Å². The van der Waals surface area contributed by atoms with Gasteiger partial charge in [0.1, 0.15) is 0 Å². The van der Waals surface area contributed by atoms with Crippen molar-refractivity contribution in [2.45, 2.75) is 0 Å². The highest BCUT2D eigenvalue weighted by atomic mass is 35.5.